The van der Waals surface area contributed by atoms with Crippen molar-refractivity contribution in [3.05, 3.63) is 52.2 Å². The smallest absolute Gasteiger partial charge is 0.335 e. The predicted octanol–water partition coefficient (Wildman–Crippen LogP) is 2.90. The molecule has 0 radical (unpaired) electrons. The molecule has 0 unspecified atom stereocenters. The fourth-order valence-electron chi connectivity index (χ4n) is 1.67. The van der Waals surface area contributed by atoms with E-state index in [1.807, 2.05) is 11.4 Å². The van der Waals surface area contributed by atoms with Crippen LogP contribution < -0.4 is 5.32 Å². The number of aromatic carboxylic acids is 1. The third-order valence-corrected chi connectivity index (χ3v) is 4.69. The SMILES string of the molecule is O=C(CSc1ccc(C(=O)O)cc1)NCCc1cccs1. The summed E-state index contributed by atoms with van der Waals surface area (Å²) in [5, 5.41) is 13.7. The Morgan fingerprint density at radius 1 is 1.19 bits per heavy atom. The monoisotopic (exact) mass is 321 g/mol. The molecule has 0 bridgehead atoms. The Balaban J connectivity index is 1.69. The van der Waals surface area contributed by atoms with E-state index in [0.29, 0.717) is 12.3 Å². The quantitative estimate of drug-likeness (QED) is 0.770. The summed E-state index contributed by atoms with van der Waals surface area (Å²) in [6.45, 7) is 0.637. The molecule has 0 aliphatic carbocycles. The van der Waals surface area contributed by atoms with Crippen molar-refractivity contribution in [3.8, 4) is 0 Å². The number of hydrogen-bond acceptors (Lipinski definition) is 4. The topological polar surface area (TPSA) is 66.4 Å². The van der Waals surface area contributed by atoms with Crippen LogP contribution in [0.15, 0.2) is 46.7 Å². The lowest BCUT2D eigenvalue weighted by atomic mass is 10.2. The van der Waals surface area contributed by atoms with Gasteiger partial charge in [-0.1, -0.05) is 6.07 Å². The number of carbonyl (C=O) groups is 2. The molecule has 0 aliphatic heterocycles. The molecular weight excluding hydrogens is 306 g/mol. The van der Waals surface area contributed by atoms with E-state index < -0.39 is 5.97 Å². The third kappa shape index (κ3) is 5.24. The van der Waals surface area contributed by atoms with E-state index in [0.717, 1.165) is 11.3 Å². The molecule has 2 rings (SSSR count). The molecule has 1 heterocycles. The number of benzene rings is 1. The van der Waals surface area contributed by atoms with Crippen LogP contribution in [0.2, 0.25) is 0 Å². The van der Waals surface area contributed by atoms with Crippen molar-refractivity contribution in [1.29, 1.82) is 0 Å². The molecule has 0 atom stereocenters. The molecule has 0 aliphatic rings. The normalized spacial score (nSPS) is 10.3. The number of nitrogens with one attached hydrogen (secondary N) is 1. The minimum Gasteiger partial charge on any atom is -0.478 e. The average Bonchev–Trinajstić information content (AvgIpc) is 2.99. The van der Waals surface area contributed by atoms with E-state index in [2.05, 4.69) is 11.4 Å². The Morgan fingerprint density at radius 2 is 1.95 bits per heavy atom. The van der Waals surface area contributed by atoms with Crippen molar-refractivity contribution in [1.82, 2.24) is 5.32 Å². The van der Waals surface area contributed by atoms with E-state index in [9.17, 15) is 9.59 Å². The van der Waals surface area contributed by atoms with Crippen molar-refractivity contribution >= 4 is 35.0 Å². The largest absolute Gasteiger partial charge is 0.478 e. The fourth-order valence-corrected chi connectivity index (χ4v) is 3.11. The number of thioether (sulfide) groups is 1. The molecule has 2 aromatic rings. The summed E-state index contributed by atoms with van der Waals surface area (Å²) in [5.41, 5.74) is 0.250. The Bertz CT molecular complexity index is 594. The summed E-state index contributed by atoms with van der Waals surface area (Å²) >= 11 is 3.08. The minimum absolute atomic E-state index is 0.0149. The molecule has 0 spiro atoms. The van der Waals surface area contributed by atoms with E-state index in [-0.39, 0.29) is 11.5 Å². The molecule has 21 heavy (non-hydrogen) atoms. The lowest BCUT2D eigenvalue weighted by Crippen LogP contribution is -2.27. The summed E-state index contributed by atoms with van der Waals surface area (Å²) in [5.74, 6) is -0.631. The molecule has 1 aromatic heterocycles. The number of rotatable bonds is 7. The van der Waals surface area contributed by atoms with Crippen molar-refractivity contribution in [3.63, 3.8) is 0 Å². The number of carboxylic acids is 1. The van der Waals surface area contributed by atoms with Crippen molar-refractivity contribution in [2.24, 2.45) is 0 Å². The zero-order valence-corrected chi connectivity index (χ0v) is 12.9. The number of carbonyl (C=O) groups excluding carboxylic acids is 1. The number of thiophene rings is 1. The summed E-state index contributed by atoms with van der Waals surface area (Å²) in [6, 6.07) is 10.6. The molecule has 110 valence electrons. The van der Waals surface area contributed by atoms with Gasteiger partial charge in [-0.15, -0.1) is 23.1 Å². The van der Waals surface area contributed by atoms with Crippen LogP contribution in [-0.2, 0) is 11.2 Å². The molecule has 2 N–H and O–H groups in total. The fraction of sp³-hybridized carbons (Fsp3) is 0.200. The van der Waals surface area contributed by atoms with Gasteiger partial charge in [0.15, 0.2) is 0 Å². The van der Waals surface area contributed by atoms with Crippen molar-refractivity contribution in [2.45, 2.75) is 11.3 Å². The minimum atomic E-state index is -0.946. The van der Waals surface area contributed by atoms with Crippen LogP contribution in [-0.4, -0.2) is 29.3 Å². The molecule has 6 heteroatoms. The maximum Gasteiger partial charge on any atom is 0.335 e. The Hall–Kier alpha value is -1.79. The lowest BCUT2D eigenvalue weighted by molar-refractivity contribution is -0.118. The van der Waals surface area contributed by atoms with Crippen LogP contribution >= 0.6 is 23.1 Å². The van der Waals surface area contributed by atoms with Gasteiger partial charge in [0, 0.05) is 16.3 Å². The second kappa shape index (κ2) is 7.85. The van der Waals surface area contributed by atoms with Gasteiger partial charge in [0.25, 0.3) is 0 Å². The standard InChI is InChI=1S/C15H15NO3S2/c17-14(16-8-7-12-2-1-9-20-12)10-21-13-5-3-11(4-6-13)15(18)19/h1-6,9H,7-8,10H2,(H,16,17)(H,18,19). The van der Waals surface area contributed by atoms with Crippen LogP contribution in [0.3, 0.4) is 0 Å². The van der Waals surface area contributed by atoms with Crippen molar-refractivity contribution < 1.29 is 14.7 Å². The molecule has 0 saturated carbocycles. The van der Waals surface area contributed by atoms with Crippen LogP contribution in [0.1, 0.15) is 15.2 Å². The van der Waals surface area contributed by atoms with Crippen LogP contribution in [0.25, 0.3) is 0 Å². The molecule has 0 saturated heterocycles. The van der Waals surface area contributed by atoms with Gasteiger partial charge in [0.1, 0.15) is 0 Å². The highest BCUT2D eigenvalue weighted by atomic mass is 32.2. The Labute approximate surface area is 131 Å². The highest BCUT2D eigenvalue weighted by molar-refractivity contribution is 8.00. The van der Waals surface area contributed by atoms with E-state index >= 15 is 0 Å². The van der Waals surface area contributed by atoms with Gasteiger partial charge >= 0.3 is 5.97 Å². The van der Waals surface area contributed by atoms with E-state index in [1.54, 1.807) is 35.6 Å². The summed E-state index contributed by atoms with van der Waals surface area (Å²) in [4.78, 5) is 24.6. The highest BCUT2D eigenvalue weighted by Crippen LogP contribution is 2.18. The molecule has 4 nitrogen and oxygen atoms in total. The van der Waals surface area contributed by atoms with Crippen molar-refractivity contribution in [2.75, 3.05) is 12.3 Å². The highest BCUT2D eigenvalue weighted by Gasteiger charge is 2.05. The first-order chi connectivity index (χ1) is 10.1. The number of amides is 1. The van der Waals surface area contributed by atoms with Gasteiger partial charge in [-0.05, 0) is 42.1 Å². The average molecular weight is 321 g/mol. The first-order valence-electron chi connectivity index (χ1n) is 6.40. The molecule has 1 amide bonds. The van der Waals surface area contributed by atoms with Gasteiger partial charge in [-0.25, -0.2) is 4.79 Å². The number of hydrogen-bond donors (Lipinski definition) is 2. The van der Waals surface area contributed by atoms with Gasteiger partial charge in [0.2, 0.25) is 5.91 Å². The first-order valence-corrected chi connectivity index (χ1v) is 8.27. The zero-order valence-electron chi connectivity index (χ0n) is 11.2. The van der Waals surface area contributed by atoms with Crippen LogP contribution in [0.4, 0.5) is 0 Å². The van der Waals surface area contributed by atoms with Gasteiger partial charge in [0.05, 0.1) is 11.3 Å². The van der Waals surface area contributed by atoms with Gasteiger partial charge < -0.3 is 10.4 Å². The summed E-state index contributed by atoms with van der Waals surface area (Å²) in [6.07, 6.45) is 0.849. The number of carboxylic acid groups (broad SMARTS) is 1. The second-order valence-electron chi connectivity index (χ2n) is 4.30. The maximum absolute atomic E-state index is 11.7. The van der Waals surface area contributed by atoms with Gasteiger partial charge in [-0.2, -0.15) is 0 Å². The summed E-state index contributed by atoms with van der Waals surface area (Å²) in [7, 11) is 0. The molecular formula is C15H15NO3S2. The van der Waals surface area contributed by atoms with Crippen LogP contribution in [0.5, 0.6) is 0 Å². The lowest BCUT2D eigenvalue weighted by Gasteiger charge is -2.04. The predicted molar refractivity (Wildman–Crippen MR) is 85.2 cm³/mol. The molecule has 0 fully saturated rings. The molecule has 1 aromatic carbocycles. The third-order valence-electron chi connectivity index (χ3n) is 2.74. The zero-order chi connectivity index (χ0) is 15.1. The Kier molecular flexibility index (Phi) is 5.83. The second-order valence-corrected chi connectivity index (χ2v) is 6.38. The van der Waals surface area contributed by atoms with Gasteiger partial charge in [-0.3, -0.25) is 4.79 Å². The maximum atomic E-state index is 11.7. The van der Waals surface area contributed by atoms with E-state index in [1.165, 1.54) is 16.6 Å². The summed E-state index contributed by atoms with van der Waals surface area (Å²) < 4.78 is 0. The van der Waals surface area contributed by atoms with Crippen LogP contribution in [0, 0.1) is 0 Å². The van der Waals surface area contributed by atoms with E-state index in [4.69, 9.17) is 5.11 Å². The Morgan fingerprint density at radius 3 is 2.57 bits per heavy atom. The first kappa shape index (κ1) is 15.6.